The van der Waals surface area contributed by atoms with E-state index in [4.69, 9.17) is 4.74 Å². The van der Waals surface area contributed by atoms with E-state index in [1.807, 2.05) is 6.07 Å². The summed E-state index contributed by atoms with van der Waals surface area (Å²) >= 11 is 0. The lowest BCUT2D eigenvalue weighted by Crippen LogP contribution is -2.42. The number of carbonyl (C=O) groups is 1. The number of anilines is 1. The molecule has 1 fully saturated rings. The topological polar surface area (TPSA) is 63.2 Å². The number of benzene rings is 2. The summed E-state index contributed by atoms with van der Waals surface area (Å²) in [7, 11) is 1.66. The van der Waals surface area contributed by atoms with Gasteiger partial charge < -0.3 is 15.4 Å². The number of ether oxygens (including phenoxy) is 1. The molecule has 2 heterocycles. The maximum atomic E-state index is 14.7. The first-order valence-electron chi connectivity index (χ1n) is 11.3. The summed E-state index contributed by atoms with van der Waals surface area (Å²) in [4.78, 5) is 17.0. The fraction of sp³-hybridized carbons (Fsp3) is 0.385. The van der Waals surface area contributed by atoms with Gasteiger partial charge in [0.2, 0.25) is 0 Å². The Morgan fingerprint density at radius 3 is 2.49 bits per heavy atom. The Kier molecular flexibility index (Phi) is 8.41. The standard InChI is InChI=1S/C26H28F3N3O2.ClH/c1-15(17-5-4-6-18(24(17)27)25(28)29)32-22-7-10-31-23-14-19(16(2)33)21(13-20(22)23)26(34-3)8-11-30-12-9-26;/h4-7,10,13-15,25,30H,8-9,11-12H2,1-3H3,(H,31,32);1H. The molecule has 1 aliphatic heterocycles. The van der Waals surface area contributed by atoms with E-state index in [9.17, 15) is 18.0 Å². The number of halogens is 4. The predicted octanol–water partition coefficient (Wildman–Crippen LogP) is 6.33. The fourth-order valence-corrected chi connectivity index (χ4v) is 4.78. The molecule has 0 aliphatic carbocycles. The van der Waals surface area contributed by atoms with E-state index in [1.54, 1.807) is 32.4 Å². The molecule has 5 nitrogen and oxygen atoms in total. The third-order valence-corrected chi connectivity index (χ3v) is 6.69. The van der Waals surface area contributed by atoms with Crippen LogP contribution in [0.5, 0.6) is 0 Å². The van der Waals surface area contributed by atoms with Crippen LogP contribution in [0.15, 0.2) is 42.6 Å². The van der Waals surface area contributed by atoms with Crippen LogP contribution in [0.4, 0.5) is 18.9 Å². The van der Waals surface area contributed by atoms with Gasteiger partial charge in [-0.1, -0.05) is 18.2 Å². The van der Waals surface area contributed by atoms with Gasteiger partial charge in [0.1, 0.15) is 5.82 Å². The lowest BCUT2D eigenvalue weighted by Gasteiger charge is -2.38. The highest BCUT2D eigenvalue weighted by Gasteiger charge is 2.37. The van der Waals surface area contributed by atoms with Crippen LogP contribution in [-0.4, -0.2) is 31.0 Å². The smallest absolute Gasteiger partial charge is 0.266 e. The van der Waals surface area contributed by atoms with Crippen LogP contribution in [0.1, 0.15) is 66.2 Å². The molecule has 0 bridgehead atoms. The molecular formula is C26H29ClF3N3O2. The second-order valence-electron chi connectivity index (χ2n) is 8.70. The third kappa shape index (κ3) is 5.15. The van der Waals surface area contributed by atoms with Gasteiger partial charge in [-0.3, -0.25) is 9.78 Å². The summed E-state index contributed by atoms with van der Waals surface area (Å²) in [6, 6.07) is 8.88. The number of hydrogen-bond donors (Lipinski definition) is 2. The molecule has 4 rings (SSSR count). The minimum absolute atomic E-state index is 0. The van der Waals surface area contributed by atoms with Crippen molar-refractivity contribution in [1.82, 2.24) is 10.3 Å². The highest BCUT2D eigenvalue weighted by Crippen LogP contribution is 2.40. The molecule has 35 heavy (non-hydrogen) atoms. The van der Waals surface area contributed by atoms with E-state index in [1.165, 1.54) is 19.1 Å². The molecule has 0 amide bonds. The first-order valence-corrected chi connectivity index (χ1v) is 11.3. The van der Waals surface area contributed by atoms with E-state index < -0.39 is 29.4 Å². The molecule has 1 unspecified atom stereocenters. The van der Waals surface area contributed by atoms with E-state index in [2.05, 4.69) is 15.6 Å². The lowest BCUT2D eigenvalue weighted by atomic mass is 9.80. The normalized spacial score (nSPS) is 16.1. The van der Waals surface area contributed by atoms with Crippen LogP contribution in [-0.2, 0) is 10.3 Å². The van der Waals surface area contributed by atoms with Gasteiger partial charge >= 0.3 is 0 Å². The highest BCUT2D eigenvalue weighted by molar-refractivity contribution is 6.02. The van der Waals surface area contributed by atoms with Crippen molar-refractivity contribution in [3.63, 3.8) is 0 Å². The van der Waals surface area contributed by atoms with Crippen molar-refractivity contribution in [1.29, 1.82) is 0 Å². The van der Waals surface area contributed by atoms with Crippen LogP contribution in [0.2, 0.25) is 0 Å². The molecule has 1 saturated heterocycles. The molecular weight excluding hydrogens is 479 g/mol. The molecule has 9 heteroatoms. The zero-order valence-corrected chi connectivity index (χ0v) is 20.6. The summed E-state index contributed by atoms with van der Waals surface area (Å²) in [6.07, 6.45) is 0.126. The van der Waals surface area contributed by atoms with Crippen molar-refractivity contribution in [3.8, 4) is 0 Å². The van der Waals surface area contributed by atoms with Crippen molar-refractivity contribution in [2.45, 2.75) is 44.8 Å². The fourth-order valence-electron chi connectivity index (χ4n) is 4.78. The summed E-state index contributed by atoms with van der Waals surface area (Å²) in [5, 5.41) is 7.32. The quantitative estimate of drug-likeness (QED) is 0.366. The van der Waals surface area contributed by atoms with Crippen molar-refractivity contribution in [2.75, 3.05) is 25.5 Å². The largest absolute Gasteiger partial charge is 0.378 e. The number of nitrogens with one attached hydrogen (secondary N) is 2. The van der Waals surface area contributed by atoms with E-state index in [-0.39, 0.29) is 23.8 Å². The molecule has 0 saturated carbocycles. The third-order valence-electron chi connectivity index (χ3n) is 6.69. The number of hydrogen-bond acceptors (Lipinski definition) is 5. The number of pyridine rings is 1. The number of Topliss-reactive ketones (excluding diaryl/α,β-unsaturated/α-hetero) is 1. The number of ketones is 1. The Morgan fingerprint density at radius 2 is 1.86 bits per heavy atom. The zero-order valence-electron chi connectivity index (χ0n) is 19.8. The van der Waals surface area contributed by atoms with E-state index >= 15 is 0 Å². The first kappa shape index (κ1) is 26.9. The molecule has 0 spiro atoms. The second kappa shape index (κ2) is 10.9. The zero-order chi connectivity index (χ0) is 24.5. The number of nitrogens with zero attached hydrogens (tertiary/aromatic N) is 1. The number of piperidine rings is 1. The Bertz CT molecular complexity index is 1220. The van der Waals surface area contributed by atoms with Gasteiger partial charge in [-0.2, -0.15) is 0 Å². The van der Waals surface area contributed by atoms with Gasteiger partial charge in [0.25, 0.3) is 6.43 Å². The molecule has 0 radical (unpaired) electrons. The number of carbonyl (C=O) groups excluding carboxylic acids is 1. The summed E-state index contributed by atoms with van der Waals surface area (Å²) < 4.78 is 47.1. The van der Waals surface area contributed by atoms with Gasteiger partial charge in [-0.05, 0) is 63.5 Å². The summed E-state index contributed by atoms with van der Waals surface area (Å²) in [6.45, 7) is 4.77. The molecule has 1 aromatic heterocycles. The minimum atomic E-state index is -2.89. The predicted molar refractivity (Wildman–Crippen MR) is 133 cm³/mol. The van der Waals surface area contributed by atoms with Crippen LogP contribution in [0, 0.1) is 5.82 Å². The Labute approximate surface area is 208 Å². The number of aromatic nitrogens is 1. The van der Waals surface area contributed by atoms with Crippen LogP contribution >= 0.6 is 12.4 Å². The van der Waals surface area contributed by atoms with Crippen LogP contribution in [0.3, 0.4) is 0 Å². The van der Waals surface area contributed by atoms with Crippen LogP contribution in [0.25, 0.3) is 10.9 Å². The molecule has 188 valence electrons. The Morgan fingerprint density at radius 1 is 1.17 bits per heavy atom. The van der Waals surface area contributed by atoms with E-state index in [0.29, 0.717) is 29.6 Å². The maximum Gasteiger partial charge on any atom is 0.266 e. The van der Waals surface area contributed by atoms with Crippen molar-refractivity contribution >= 4 is 34.8 Å². The molecule has 1 atom stereocenters. The monoisotopic (exact) mass is 507 g/mol. The molecule has 2 N–H and O–H groups in total. The van der Waals surface area contributed by atoms with Crippen molar-refractivity contribution in [3.05, 3.63) is 70.7 Å². The van der Waals surface area contributed by atoms with Crippen molar-refractivity contribution < 1.29 is 22.7 Å². The lowest BCUT2D eigenvalue weighted by molar-refractivity contribution is -0.0394. The summed E-state index contributed by atoms with van der Waals surface area (Å²) in [5.41, 5.74) is 1.54. The molecule has 3 aromatic rings. The average Bonchev–Trinajstić information content (AvgIpc) is 2.83. The second-order valence-corrected chi connectivity index (χ2v) is 8.70. The van der Waals surface area contributed by atoms with Gasteiger partial charge in [0.05, 0.1) is 22.7 Å². The molecule has 1 aliphatic rings. The SMILES string of the molecule is COC1(c2cc3c(NC(C)c4cccc(C(F)F)c4F)ccnc3cc2C(C)=O)CCNCC1.Cl. The minimum Gasteiger partial charge on any atom is -0.378 e. The number of fused-ring (bicyclic) bond motifs is 1. The Balaban J connectivity index is 0.00000342. The number of methoxy groups -OCH3 is 1. The van der Waals surface area contributed by atoms with Gasteiger partial charge in [0, 0.05) is 35.5 Å². The van der Waals surface area contributed by atoms with Crippen molar-refractivity contribution in [2.24, 2.45) is 0 Å². The molecule has 2 aromatic carbocycles. The first-order chi connectivity index (χ1) is 16.3. The van der Waals surface area contributed by atoms with E-state index in [0.717, 1.165) is 30.1 Å². The summed E-state index contributed by atoms with van der Waals surface area (Å²) in [5.74, 6) is -0.991. The number of alkyl halides is 2. The highest BCUT2D eigenvalue weighted by atomic mass is 35.5. The average molecular weight is 508 g/mol. The van der Waals surface area contributed by atoms with Gasteiger partial charge in [-0.25, -0.2) is 13.2 Å². The maximum absolute atomic E-state index is 14.7. The Hall–Kier alpha value is -2.68. The van der Waals surface area contributed by atoms with Crippen LogP contribution < -0.4 is 10.6 Å². The van der Waals surface area contributed by atoms with Gasteiger partial charge in [0.15, 0.2) is 5.78 Å². The van der Waals surface area contributed by atoms with Gasteiger partial charge in [-0.15, -0.1) is 12.4 Å². The number of rotatable bonds is 7.